The fourth-order valence-electron chi connectivity index (χ4n) is 1.74. The van der Waals surface area contributed by atoms with Crippen LogP contribution in [0.4, 0.5) is 0 Å². The van der Waals surface area contributed by atoms with Crippen molar-refractivity contribution in [2.24, 2.45) is 0 Å². The van der Waals surface area contributed by atoms with Gasteiger partial charge in [-0.2, -0.15) is 0 Å². The van der Waals surface area contributed by atoms with Crippen molar-refractivity contribution in [1.29, 1.82) is 0 Å². The number of rotatable bonds is 4. The monoisotopic (exact) mass is 270 g/mol. The smallest absolute Gasteiger partial charge is 0.341 e. The number of carbonyl (C=O) groups is 1. The fraction of sp³-hybridized carbons (Fsp3) is 0.0625. The van der Waals surface area contributed by atoms with Crippen molar-refractivity contribution in [1.82, 2.24) is 0 Å². The first-order chi connectivity index (χ1) is 9.76. The molecule has 0 saturated carbocycles. The average molecular weight is 270 g/mol. The summed E-state index contributed by atoms with van der Waals surface area (Å²) in [6.45, 7) is 0. The zero-order valence-corrected chi connectivity index (χ0v) is 10.9. The van der Waals surface area contributed by atoms with Gasteiger partial charge in [-0.3, -0.25) is 0 Å². The quantitative estimate of drug-likeness (QED) is 0.524. The predicted molar refractivity (Wildman–Crippen MR) is 75.6 cm³/mol. The molecule has 0 aliphatic carbocycles. The first-order valence-corrected chi connectivity index (χ1v) is 6.01. The number of carbonyl (C=O) groups excluding carboxylic acids is 1. The van der Waals surface area contributed by atoms with E-state index in [4.69, 9.17) is 4.74 Å². The van der Waals surface area contributed by atoms with Crippen LogP contribution in [-0.2, 0) is 9.53 Å². The highest BCUT2D eigenvalue weighted by atomic mass is 16.5. The van der Waals surface area contributed by atoms with Gasteiger partial charge in [-0.25, -0.2) is 4.79 Å². The summed E-state index contributed by atoms with van der Waals surface area (Å²) in [7, 11) is 1.26. The second kappa shape index (κ2) is 6.43. The molecule has 2 aromatic rings. The van der Waals surface area contributed by atoms with Crippen LogP contribution in [0, 0.1) is 0 Å². The summed E-state index contributed by atoms with van der Waals surface area (Å²) in [5.74, 6) is 0.475. The van der Waals surface area contributed by atoms with E-state index in [0.29, 0.717) is 17.1 Å². The SMILES string of the molecule is COC(=O)C(=CO)c1ccccc1Oc1ccccc1. The van der Waals surface area contributed by atoms with Gasteiger partial charge in [0.15, 0.2) is 0 Å². The van der Waals surface area contributed by atoms with Gasteiger partial charge in [-0.1, -0.05) is 36.4 Å². The van der Waals surface area contributed by atoms with Crippen LogP contribution in [0.2, 0.25) is 0 Å². The number of hydrogen-bond donors (Lipinski definition) is 1. The first-order valence-electron chi connectivity index (χ1n) is 6.01. The maximum atomic E-state index is 11.6. The molecule has 2 aromatic carbocycles. The van der Waals surface area contributed by atoms with E-state index < -0.39 is 5.97 Å². The highest BCUT2D eigenvalue weighted by Crippen LogP contribution is 2.30. The standard InChI is InChI=1S/C16H14O4/c1-19-16(18)14(11-17)13-9-5-6-10-15(13)20-12-7-3-2-4-8-12/h2-11,17H,1H3. The Balaban J connectivity index is 2.38. The minimum absolute atomic E-state index is 0.0408. The van der Waals surface area contributed by atoms with Gasteiger partial charge >= 0.3 is 5.97 Å². The van der Waals surface area contributed by atoms with E-state index in [0.717, 1.165) is 6.26 Å². The number of para-hydroxylation sites is 2. The van der Waals surface area contributed by atoms with Crippen molar-refractivity contribution >= 4 is 11.5 Å². The highest BCUT2D eigenvalue weighted by Gasteiger charge is 2.17. The van der Waals surface area contributed by atoms with Crippen molar-refractivity contribution in [2.75, 3.05) is 7.11 Å². The van der Waals surface area contributed by atoms with Crippen LogP contribution in [-0.4, -0.2) is 18.2 Å². The molecule has 0 fully saturated rings. The third-order valence-electron chi connectivity index (χ3n) is 2.68. The van der Waals surface area contributed by atoms with Crippen LogP contribution in [0.25, 0.3) is 5.57 Å². The third-order valence-corrected chi connectivity index (χ3v) is 2.68. The van der Waals surface area contributed by atoms with Gasteiger partial charge in [0.05, 0.1) is 13.4 Å². The lowest BCUT2D eigenvalue weighted by atomic mass is 10.1. The van der Waals surface area contributed by atoms with Crippen molar-refractivity contribution in [3.63, 3.8) is 0 Å². The molecule has 0 aromatic heterocycles. The molecule has 20 heavy (non-hydrogen) atoms. The zero-order valence-electron chi connectivity index (χ0n) is 10.9. The van der Waals surface area contributed by atoms with Gasteiger partial charge in [0.2, 0.25) is 0 Å². The van der Waals surface area contributed by atoms with E-state index in [1.807, 2.05) is 18.2 Å². The molecule has 1 N–H and O–H groups in total. The van der Waals surface area contributed by atoms with Crippen molar-refractivity contribution in [3.8, 4) is 11.5 Å². The molecule has 0 aliphatic heterocycles. The normalized spacial score (nSPS) is 10.9. The second-order valence-corrected chi connectivity index (χ2v) is 3.95. The maximum absolute atomic E-state index is 11.6. The third kappa shape index (κ3) is 2.98. The summed E-state index contributed by atoms with van der Waals surface area (Å²) in [6.07, 6.45) is 0.721. The molecule has 0 amide bonds. The molecule has 0 bridgehead atoms. The number of esters is 1. The van der Waals surface area contributed by atoms with E-state index in [1.54, 1.807) is 36.4 Å². The van der Waals surface area contributed by atoms with Gasteiger partial charge in [0, 0.05) is 5.56 Å². The van der Waals surface area contributed by atoms with Crippen LogP contribution in [0.5, 0.6) is 11.5 Å². The van der Waals surface area contributed by atoms with E-state index in [-0.39, 0.29) is 5.57 Å². The van der Waals surface area contributed by atoms with Crippen LogP contribution in [0.15, 0.2) is 60.9 Å². The lowest BCUT2D eigenvalue weighted by Crippen LogP contribution is -2.05. The summed E-state index contributed by atoms with van der Waals surface area (Å²) in [6, 6.07) is 16.1. The maximum Gasteiger partial charge on any atom is 0.341 e. The molecule has 0 aliphatic rings. The Labute approximate surface area is 116 Å². The minimum atomic E-state index is -0.628. The summed E-state index contributed by atoms with van der Waals surface area (Å²) >= 11 is 0. The number of aliphatic hydroxyl groups is 1. The Hall–Kier alpha value is -2.75. The largest absolute Gasteiger partial charge is 0.515 e. The van der Waals surface area contributed by atoms with Gasteiger partial charge < -0.3 is 14.6 Å². The molecule has 0 unspecified atom stereocenters. The highest BCUT2D eigenvalue weighted by molar-refractivity contribution is 6.16. The zero-order chi connectivity index (χ0) is 14.4. The predicted octanol–water partition coefficient (Wildman–Crippen LogP) is 3.55. The van der Waals surface area contributed by atoms with Gasteiger partial charge in [-0.05, 0) is 18.2 Å². The van der Waals surface area contributed by atoms with Crippen LogP contribution in [0.1, 0.15) is 5.56 Å². The van der Waals surface area contributed by atoms with Crippen LogP contribution in [0.3, 0.4) is 0 Å². The molecular weight excluding hydrogens is 256 g/mol. The lowest BCUT2D eigenvalue weighted by Gasteiger charge is -2.11. The van der Waals surface area contributed by atoms with Crippen molar-refractivity contribution < 1.29 is 19.4 Å². The number of ether oxygens (including phenoxy) is 2. The molecule has 0 saturated heterocycles. The lowest BCUT2D eigenvalue weighted by molar-refractivity contribution is -0.133. The molecule has 102 valence electrons. The second-order valence-electron chi connectivity index (χ2n) is 3.95. The molecule has 4 heteroatoms. The molecule has 2 rings (SSSR count). The summed E-state index contributed by atoms with van der Waals surface area (Å²) in [5.41, 5.74) is 0.504. The van der Waals surface area contributed by atoms with Gasteiger partial charge in [-0.15, -0.1) is 0 Å². The summed E-state index contributed by atoms with van der Waals surface area (Å²) in [4.78, 5) is 11.6. The topological polar surface area (TPSA) is 55.8 Å². The summed E-state index contributed by atoms with van der Waals surface area (Å²) < 4.78 is 10.4. The summed E-state index contributed by atoms with van der Waals surface area (Å²) in [5, 5.41) is 9.25. The van der Waals surface area contributed by atoms with Crippen LogP contribution >= 0.6 is 0 Å². The Bertz CT molecular complexity index is 617. The van der Waals surface area contributed by atoms with Crippen LogP contribution < -0.4 is 4.74 Å². The molecule has 0 radical (unpaired) electrons. The Morgan fingerprint density at radius 1 is 1.05 bits per heavy atom. The molecular formula is C16H14O4. The molecule has 0 heterocycles. The molecule has 0 spiro atoms. The van der Waals surface area contributed by atoms with E-state index in [2.05, 4.69) is 4.74 Å². The Morgan fingerprint density at radius 2 is 1.70 bits per heavy atom. The first kappa shape index (κ1) is 13.7. The fourth-order valence-corrected chi connectivity index (χ4v) is 1.74. The number of hydrogen-bond acceptors (Lipinski definition) is 4. The van der Waals surface area contributed by atoms with Crippen molar-refractivity contribution in [3.05, 3.63) is 66.4 Å². The number of aliphatic hydroxyl groups excluding tert-OH is 1. The van der Waals surface area contributed by atoms with E-state index >= 15 is 0 Å². The minimum Gasteiger partial charge on any atom is -0.515 e. The van der Waals surface area contributed by atoms with E-state index in [9.17, 15) is 9.90 Å². The number of methoxy groups -OCH3 is 1. The Kier molecular flexibility index (Phi) is 4.39. The van der Waals surface area contributed by atoms with Gasteiger partial charge in [0.1, 0.15) is 17.1 Å². The average Bonchev–Trinajstić information content (AvgIpc) is 2.50. The van der Waals surface area contributed by atoms with Crippen molar-refractivity contribution in [2.45, 2.75) is 0 Å². The molecule has 0 atom stereocenters. The Morgan fingerprint density at radius 3 is 2.35 bits per heavy atom. The number of benzene rings is 2. The van der Waals surface area contributed by atoms with E-state index in [1.165, 1.54) is 7.11 Å². The van der Waals surface area contributed by atoms with Gasteiger partial charge in [0.25, 0.3) is 0 Å². The molecule has 4 nitrogen and oxygen atoms in total.